The molecule has 0 bridgehead atoms. The van der Waals surface area contributed by atoms with Crippen molar-refractivity contribution in [2.24, 2.45) is 5.92 Å². The highest BCUT2D eigenvalue weighted by Crippen LogP contribution is 2.28. The first-order chi connectivity index (χ1) is 11.0. The molecule has 0 radical (unpaired) electrons. The van der Waals surface area contributed by atoms with E-state index in [-0.39, 0.29) is 0 Å². The molecule has 1 aromatic heterocycles. The first-order valence-electron chi connectivity index (χ1n) is 7.68. The topological polar surface area (TPSA) is 59.1 Å². The van der Waals surface area contributed by atoms with E-state index in [4.69, 9.17) is 16.3 Å². The van der Waals surface area contributed by atoms with Crippen LogP contribution in [0.3, 0.4) is 0 Å². The van der Waals surface area contributed by atoms with Gasteiger partial charge in [-0.25, -0.2) is 9.97 Å². The van der Waals surface area contributed by atoms with Gasteiger partial charge < -0.3 is 15.4 Å². The zero-order valence-corrected chi connectivity index (χ0v) is 14.7. The Hall–Kier alpha value is -2.01. The molecule has 0 aliphatic rings. The largest absolute Gasteiger partial charge is 0.495 e. The predicted molar refractivity (Wildman–Crippen MR) is 96.0 cm³/mol. The van der Waals surface area contributed by atoms with Crippen molar-refractivity contribution in [3.05, 3.63) is 35.1 Å². The van der Waals surface area contributed by atoms with E-state index in [1.807, 2.05) is 31.2 Å². The minimum atomic E-state index is 0.554. The average Bonchev–Trinajstić information content (AvgIpc) is 2.46. The number of methoxy groups -OCH3 is 1. The van der Waals surface area contributed by atoms with Crippen LogP contribution >= 0.6 is 11.6 Å². The lowest BCUT2D eigenvalue weighted by molar-refractivity contribution is 0.415. The monoisotopic (exact) mass is 334 g/mol. The average molecular weight is 335 g/mol. The minimum Gasteiger partial charge on any atom is -0.495 e. The summed E-state index contributed by atoms with van der Waals surface area (Å²) in [7, 11) is 1.59. The van der Waals surface area contributed by atoms with Gasteiger partial charge in [-0.05, 0) is 37.5 Å². The molecule has 1 heterocycles. The highest BCUT2D eigenvalue weighted by molar-refractivity contribution is 6.32. The van der Waals surface area contributed by atoms with Crippen molar-refractivity contribution in [3.63, 3.8) is 0 Å². The summed E-state index contributed by atoms with van der Waals surface area (Å²) in [5.41, 5.74) is 0.849. The molecule has 5 nitrogen and oxygen atoms in total. The van der Waals surface area contributed by atoms with Crippen LogP contribution in [0.5, 0.6) is 5.75 Å². The van der Waals surface area contributed by atoms with Crippen molar-refractivity contribution in [3.8, 4) is 5.75 Å². The van der Waals surface area contributed by atoms with E-state index >= 15 is 0 Å². The van der Waals surface area contributed by atoms with Crippen LogP contribution in [0.1, 0.15) is 26.1 Å². The first-order valence-corrected chi connectivity index (χ1v) is 8.06. The van der Waals surface area contributed by atoms with E-state index in [0.717, 1.165) is 30.3 Å². The molecule has 1 aromatic carbocycles. The van der Waals surface area contributed by atoms with Crippen molar-refractivity contribution in [1.82, 2.24) is 9.97 Å². The highest BCUT2D eigenvalue weighted by Gasteiger charge is 2.05. The molecule has 23 heavy (non-hydrogen) atoms. The van der Waals surface area contributed by atoms with Crippen molar-refractivity contribution in [2.45, 2.75) is 27.2 Å². The Balaban J connectivity index is 2.10. The maximum atomic E-state index is 6.15. The number of nitrogens with zero attached hydrogens (tertiary/aromatic N) is 2. The van der Waals surface area contributed by atoms with E-state index in [1.54, 1.807) is 7.11 Å². The molecule has 0 amide bonds. The predicted octanol–water partition coefficient (Wildman–Crippen LogP) is 4.65. The van der Waals surface area contributed by atoms with Gasteiger partial charge in [-0.3, -0.25) is 0 Å². The molecule has 2 rings (SSSR count). The second kappa shape index (κ2) is 8.02. The number of halogens is 1. The van der Waals surface area contributed by atoms with E-state index in [2.05, 4.69) is 34.4 Å². The number of anilines is 3. The lowest BCUT2D eigenvalue weighted by Gasteiger charge is -2.12. The summed E-state index contributed by atoms with van der Waals surface area (Å²) in [6.07, 6.45) is 1.10. The molecular weight excluding hydrogens is 312 g/mol. The van der Waals surface area contributed by atoms with Crippen LogP contribution in [0, 0.1) is 12.8 Å². The lowest BCUT2D eigenvalue weighted by Crippen LogP contribution is -2.08. The second-order valence-electron chi connectivity index (χ2n) is 5.77. The van der Waals surface area contributed by atoms with Gasteiger partial charge in [0.25, 0.3) is 0 Å². The van der Waals surface area contributed by atoms with Crippen LogP contribution in [0.4, 0.5) is 17.3 Å². The maximum absolute atomic E-state index is 6.15. The minimum absolute atomic E-state index is 0.554. The van der Waals surface area contributed by atoms with Crippen molar-refractivity contribution < 1.29 is 4.74 Å². The van der Waals surface area contributed by atoms with Gasteiger partial charge in [-0.2, -0.15) is 0 Å². The fourth-order valence-electron chi connectivity index (χ4n) is 2.10. The molecule has 2 aromatic rings. The molecule has 0 aliphatic heterocycles. The zero-order valence-electron chi connectivity index (χ0n) is 14.0. The summed E-state index contributed by atoms with van der Waals surface area (Å²) in [5, 5.41) is 7.14. The molecule has 0 spiro atoms. The molecule has 0 saturated carbocycles. The van der Waals surface area contributed by atoms with E-state index < -0.39 is 0 Å². The Labute approximate surface area is 142 Å². The molecule has 0 unspecified atom stereocenters. The Morgan fingerprint density at radius 2 is 1.91 bits per heavy atom. The number of aryl methyl sites for hydroxylation is 1. The van der Waals surface area contributed by atoms with Gasteiger partial charge in [-0.1, -0.05) is 25.4 Å². The van der Waals surface area contributed by atoms with Crippen molar-refractivity contribution in [1.29, 1.82) is 0 Å². The van der Waals surface area contributed by atoms with E-state index in [1.165, 1.54) is 0 Å². The van der Waals surface area contributed by atoms with Gasteiger partial charge in [0.15, 0.2) is 0 Å². The number of aromatic nitrogens is 2. The fraction of sp³-hybridized carbons (Fsp3) is 0.412. The smallest absolute Gasteiger partial charge is 0.137 e. The maximum Gasteiger partial charge on any atom is 0.137 e. The number of rotatable bonds is 7. The van der Waals surface area contributed by atoms with Gasteiger partial charge in [-0.15, -0.1) is 0 Å². The summed E-state index contributed by atoms with van der Waals surface area (Å²) in [5.74, 6) is 3.56. The van der Waals surface area contributed by atoms with Gasteiger partial charge in [0.2, 0.25) is 0 Å². The molecule has 124 valence electrons. The van der Waals surface area contributed by atoms with Crippen molar-refractivity contribution in [2.75, 3.05) is 24.3 Å². The van der Waals surface area contributed by atoms with Gasteiger partial charge in [0.05, 0.1) is 12.1 Å². The Morgan fingerprint density at radius 3 is 2.57 bits per heavy atom. The molecular formula is C17H23ClN4O. The normalized spacial score (nSPS) is 10.7. The Morgan fingerprint density at radius 1 is 1.17 bits per heavy atom. The number of benzene rings is 1. The summed E-state index contributed by atoms with van der Waals surface area (Å²) in [4.78, 5) is 8.82. The van der Waals surface area contributed by atoms with Crippen LogP contribution in [0.15, 0.2) is 24.3 Å². The summed E-state index contributed by atoms with van der Waals surface area (Å²) in [6, 6.07) is 7.42. The first kappa shape index (κ1) is 17.3. The molecule has 0 aliphatic carbocycles. The third kappa shape index (κ3) is 5.28. The Bertz CT molecular complexity index is 661. The number of hydrogen-bond donors (Lipinski definition) is 2. The summed E-state index contributed by atoms with van der Waals surface area (Å²) >= 11 is 6.15. The standard InChI is InChI=1S/C17H23ClN4O/c1-11(2)7-8-19-16-10-17(21-12(3)20-16)22-13-5-6-15(23-4)14(18)9-13/h5-6,9-11H,7-8H2,1-4H3,(H2,19,20,21,22). The number of nitrogens with one attached hydrogen (secondary N) is 2. The van der Waals surface area contributed by atoms with E-state index in [0.29, 0.717) is 22.5 Å². The van der Waals surface area contributed by atoms with Crippen LogP contribution < -0.4 is 15.4 Å². The van der Waals surface area contributed by atoms with Crippen LogP contribution in [-0.4, -0.2) is 23.6 Å². The van der Waals surface area contributed by atoms with Gasteiger partial charge >= 0.3 is 0 Å². The van der Waals surface area contributed by atoms with Gasteiger partial charge in [0.1, 0.15) is 23.2 Å². The third-order valence-corrected chi connectivity index (χ3v) is 3.59. The van der Waals surface area contributed by atoms with Crippen LogP contribution in [-0.2, 0) is 0 Å². The fourth-order valence-corrected chi connectivity index (χ4v) is 2.36. The van der Waals surface area contributed by atoms with Crippen LogP contribution in [0.25, 0.3) is 0 Å². The van der Waals surface area contributed by atoms with Crippen molar-refractivity contribution >= 4 is 28.9 Å². The zero-order chi connectivity index (χ0) is 16.8. The Kier molecular flexibility index (Phi) is 6.04. The summed E-state index contributed by atoms with van der Waals surface area (Å²) in [6.45, 7) is 7.17. The SMILES string of the molecule is COc1ccc(Nc2cc(NCCC(C)C)nc(C)n2)cc1Cl. The quantitative estimate of drug-likeness (QED) is 0.771. The number of ether oxygens (including phenoxy) is 1. The van der Waals surface area contributed by atoms with Crippen LogP contribution in [0.2, 0.25) is 5.02 Å². The molecule has 0 saturated heterocycles. The molecule has 0 atom stereocenters. The highest BCUT2D eigenvalue weighted by atomic mass is 35.5. The van der Waals surface area contributed by atoms with Gasteiger partial charge in [0, 0.05) is 18.3 Å². The lowest BCUT2D eigenvalue weighted by atomic mass is 10.1. The van der Waals surface area contributed by atoms with E-state index in [9.17, 15) is 0 Å². The summed E-state index contributed by atoms with van der Waals surface area (Å²) < 4.78 is 5.16. The molecule has 0 fully saturated rings. The molecule has 2 N–H and O–H groups in total. The number of hydrogen-bond acceptors (Lipinski definition) is 5. The third-order valence-electron chi connectivity index (χ3n) is 3.29. The molecule has 6 heteroatoms. The second-order valence-corrected chi connectivity index (χ2v) is 6.18.